The quantitative estimate of drug-likeness (QED) is 0.693. The van der Waals surface area contributed by atoms with E-state index in [1.54, 1.807) is 0 Å². The third-order valence-electron chi connectivity index (χ3n) is 1.91. The van der Waals surface area contributed by atoms with Gasteiger partial charge in [0.1, 0.15) is 5.82 Å². The zero-order valence-electron chi connectivity index (χ0n) is 8.48. The Kier molecular flexibility index (Phi) is 2.03. The first-order valence-electron chi connectivity index (χ1n) is 4.46. The van der Waals surface area contributed by atoms with Crippen molar-refractivity contribution >= 4 is 5.82 Å². The van der Waals surface area contributed by atoms with Crippen LogP contribution in [0.5, 0.6) is 0 Å². The van der Waals surface area contributed by atoms with Crippen LogP contribution in [0.4, 0.5) is 5.82 Å². The van der Waals surface area contributed by atoms with E-state index in [4.69, 9.17) is 5.73 Å². The molecule has 15 heavy (non-hydrogen) atoms. The van der Waals surface area contributed by atoms with Crippen LogP contribution >= 0.6 is 0 Å². The lowest BCUT2D eigenvalue weighted by atomic mass is 10.4. The topological polar surface area (TPSA) is 89.6 Å². The molecular weight excluding hydrogens is 194 g/mol. The van der Waals surface area contributed by atoms with Gasteiger partial charge in [0.2, 0.25) is 0 Å². The van der Waals surface area contributed by atoms with Gasteiger partial charge in [0.15, 0.2) is 0 Å². The highest BCUT2D eigenvalue weighted by Gasteiger charge is 2.06. The number of hydrogen-bond acceptors (Lipinski definition) is 4. The van der Waals surface area contributed by atoms with Gasteiger partial charge in [0.25, 0.3) is 11.5 Å². The van der Waals surface area contributed by atoms with Crippen molar-refractivity contribution in [2.75, 3.05) is 5.73 Å². The molecule has 0 aliphatic carbocycles. The molecule has 3 N–H and O–H groups in total. The first kappa shape index (κ1) is 9.45. The molecule has 0 amide bonds. The molecule has 78 valence electrons. The Morgan fingerprint density at radius 2 is 1.87 bits per heavy atom. The van der Waals surface area contributed by atoms with Crippen molar-refractivity contribution in [1.29, 1.82) is 0 Å². The van der Waals surface area contributed by atoms with E-state index in [9.17, 15) is 4.79 Å². The second-order valence-corrected chi connectivity index (χ2v) is 3.34. The number of anilines is 1. The summed E-state index contributed by atoms with van der Waals surface area (Å²) in [6, 6.07) is 3.13. The summed E-state index contributed by atoms with van der Waals surface area (Å²) >= 11 is 0. The summed E-state index contributed by atoms with van der Waals surface area (Å²) in [4.78, 5) is 19.7. The third kappa shape index (κ3) is 1.74. The average molecular weight is 205 g/mol. The van der Waals surface area contributed by atoms with E-state index in [1.165, 1.54) is 10.7 Å². The van der Waals surface area contributed by atoms with Gasteiger partial charge in [-0.05, 0) is 19.9 Å². The van der Waals surface area contributed by atoms with Gasteiger partial charge in [-0.15, -0.1) is 0 Å². The maximum absolute atomic E-state index is 11.4. The van der Waals surface area contributed by atoms with Crippen molar-refractivity contribution in [3.05, 3.63) is 33.9 Å². The van der Waals surface area contributed by atoms with Gasteiger partial charge in [0.05, 0.1) is 0 Å². The van der Waals surface area contributed by atoms with Gasteiger partial charge < -0.3 is 5.73 Å². The fourth-order valence-corrected chi connectivity index (χ4v) is 1.37. The summed E-state index contributed by atoms with van der Waals surface area (Å²) in [6.07, 6.45) is 0. The smallest absolute Gasteiger partial charge is 0.276 e. The summed E-state index contributed by atoms with van der Waals surface area (Å²) < 4.78 is 1.22. The molecule has 0 aromatic carbocycles. The molecule has 0 bridgehead atoms. The van der Waals surface area contributed by atoms with E-state index in [0.717, 1.165) is 11.4 Å². The molecule has 0 aliphatic rings. The summed E-state index contributed by atoms with van der Waals surface area (Å²) in [5.74, 6) is 0.608. The van der Waals surface area contributed by atoms with Gasteiger partial charge in [-0.3, -0.25) is 9.89 Å². The number of nitrogens with two attached hydrogens (primary N) is 1. The van der Waals surface area contributed by atoms with E-state index in [1.807, 2.05) is 19.9 Å². The predicted octanol–water partition coefficient (Wildman–Crippen LogP) is 0.155. The van der Waals surface area contributed by atoms with E-state index in [0.29, 0.717) is 11.8 Å². The number of aromatic amines is 1. The lowest BCUT2D eigenvalue weighted by Crippen LogP contribution is -2.17. The Hall–Kier alpha value is -2.11. The van der Waals surface area contributed by atoms with Crippen LogP contribution in [0.15, 0.2) is 16.9 Å². The van der Waals surface area contributed by atoms with Crippen LogP contribution in [0, 0.1) is 13.8 Å². The van der Waals surface area contributed by atoms with Crippen LogP contribution < -0.4 is 11.3 Å². The molecule has 0 aliphatic heterocycles. The molecule has 0 saturated carbocycles. The highest BCUT2D eigenvalue weighted by atomic mass is 16.1. The minimum absolute atomic E-state index is 0.266. The first-order chi connectivity index (χ1) is 7.06. The number of aromatic nitrogens is 4. The monoisotopic (exact) mass is 205 g/mol. The van der Waals surface area contributed by atoms with Crippen molar-refractivity contribution in [2.45, 2.75) is 13.8 Å². The zero-order chi connectivity index (χ0) is 11.0. The highest BCUT2D eigenvalue weighted by molar-refractivity contribution is 5.28. The molecule has 6 heteroatoms. The second kappa shape index (κ2) is 3.23. The lowest BCUT2D eigenvalue weighted by Gasteiger charge is -2.02. The van der Waals surface area contributed by atoms with E-state index in [-0.39, 0.29) is 5.56 Å². The van der Waals surface area contributed by atoms with Crippen LogP contribution in [0.3, 0.4) is 0 Å². The first-order valence-corrected chi connectivity index (χ1v) is 4.46. The third-order valence-corrected chi connectivity index (χ3v) is 1.91. The molecule has 2 heterocycles. The number of aryl methyl sites for hydroxylation is 2. The van der Waals surface area contributed by atoms with Crippen molar-refractivity contribution in [1.82, 2.24) is 19.7 Å². The van der Waals surface area contributed by atoms with E-state index < -0.39 is 0 Å². The number of H-pyrrole nitrogens is 1. The van der Waals surface area contributed by atoms with Crippen LogP contribution in [0.25, 0.3) is 5.95 Å². The van der Waals surface area contributed by atoms with Crippen LogP contribution in [0.1, 0.15) is 11.4 Å². The molecule has 0 fully saturated rings. The van der Waals surface area contributed by atoms with Crippen molar-refractivity contribution < 1.29 is 0 Å². The number of nitrogens with zero attached hydrogens (tertiary/aromatic N) is 3. The molecular formula is C9H11N5O. The molecule has 0 unspecified atom stereocenters. The SMILES string of the molecule is Cc1cc(C)nc(-n2[nH]c(N)cc2=O)n1. The summed E-state index contributed by atoms with van der Waals surface area (Å²) in [7, 11) is 0. The summed E-state index contributed by atoms with van der Waals surface area (Å²) in [5.41, 5.74) is 6.80. The van der Waals surface area contributed by atoms with Gasteiger partial charge in [-0.2, -0.15) is 4.68 Å². The predicted molar refractivity (Wildman–Crippen MR) is 55.9 cm³/mol. The Balaban J connectivity index is 2.63. The molecule has 2 aromatic heterocycles. The molecule has 0 radical (unpaired) electrons. The average Bonchev–Trinajstić information content (AvgIpc) is 2.43. The highest BCUT2D eigenvalue weighted by Crippen LogP contribution is 2.02. The maximum atomic E-state index is 11.4. The molecule has 6 nitrogen and oxygen atoms in total. The van der Waals surface area contributed by atoms with E-state index >= 15 is 0 Å². The van der Waals surface area contributed by atoms with Crippen LogP contribution in [-0.2, 0) is 0 Å². The Morgan fingerprint density at radius 1 is 1.27 bits per heavy atom. The number of nitrogen functional groups attached to an aromatic ring is 1. The fraction of sp³-hybridized carbons (Fsp3) is 0.222. The Morgan fingerprint density at radius 3 is 2.33 bits per heavy atom. The van der Waals surface area contributed by atoms with Crippen LogP contribution in [-0.4, -0.2) is 19.7 Å². The standard InChI is InChI=1S/C9H11N5O/c1-5-3-6(2)12-9(11-5)14-8(15)4-7(10)13-14/h3-4,13H,10H2,1-2H3. The largest absolute Gasteiger partial charge is 0.384 e. The summed E-state index contributed by atoms with van der Waals surface area (Å²) in [5, 5.41) is 2.67. The van der Waals surface area contributed by atoms with Crippen molar-refractivity contribution in [3.63, 3.8) is 0 Å². The minimum Gasteiger partial charge on any atom is -0.384 e. The molecule has 2 aromatic rings. The normalized spacial score (nSPS) is 10.5. The molecule has 0 saturated heterocycles. The minimum atomic E-state index is -0.266. The lowest BCUT2D eigenvalue weighted by molar-refractivity contribution is 0.774. The van der Waals surface area contributed by atoms with Gasteiger partial charge in [-0.25, -0.2) is 9.97 Å². The fourth-order valence-electron chi connectivity index (χ4n) is 1.37. The Labute approximate surface area is 85.8 Å². The Bertz CT molecular complexity index is 534. The van der Waals surface area contributed by atoms with Crippen molar-refractivity contribution in [3.8, 4) is 5.95 Å². The zero-order valence-corrected chi connectivity index (χ0v) is 8.48. The number of hydrogen-bond donors (Lipinski definition) is 2. The van der Waals surface area contributed by atoms with E-state index in [2.05, 4.69) is 15.1 Å². The van der Waals surface area contributed by atoms with Crippen molar-refractivity contribution in [2.24, 2.45) is 0 Å². The number of rotatable bonds is 1. The summed E-state index contributed by atoms with van der Waals surface area (Å²) in [6.45, 7) is 3.69. The van der Waals surface area contributed by atoms with Gasteiger partial charge in [0, 0.05) is 17.5 Å². The molecule has 2 rings (SSSR count). The number of nitrogens with one attached hydrogen (secondary N) is 1. The maximum Gasteiger partial charge on any atom is 0.276 e. The molecule has 0 atom stereocenters. The van der Waals surface area contributed by atoms with Gasteiger partial charge >= 0.3 is 0 Å². The second-order valence-electron chi connectivity index (χ2n) is 3.34. The van der Waals surface area contributed by atoms with Crippen LogP contribution in [0.2, 0.25) is 0 Å². The van der Waals surface area contributed by atoms with Gasteiger partial charge in [-0.1, -0.05) is 0 Å². The molecule has 0 spiro atoms.